The highest BCUT2D eigenvalue weighted by molar-refractivity contribution is 6.11. The first-order chi connectivity index (χ1) is 7.74. The summed E-state index contributed by atoms with van der Waals surface area (Å²) in [6, 6.07) is -0.484. The third kappa shape index (κ3) is 3.43. The molecule has 0 N–H and O–H groups in total. The highest BCUT2D eigenvalue weighted by Crippen LogP contribution is 2.24. The van der Waals surface area contributed by atoms with Gasteiger partial charge >= 0.3 is 0 Å². The summed E-state index contributed by atoms with van der Waals surface area (Å²) in [5.74, 6) is 0. The Kier molecular flexibility index (Phi) is 6.30. The van der Waals surface area contributed by atoms with E-state index in [4.69, 9.17) is 31.5 Å². The van der Waals surface area contributed by atoms with Crippen LogP contribution in [0.4, 0.5) is 0 Å². The zero-order valence-corrected chi connectivity index (χ0v) is 10.0. The average Bonchev–Trinajstić information content (AvgIpc) is 2.56. The van der Waals surface area contributed by atoms with Crippen molar-refractivity contribution in [1.29, 1.82) is 0 Å². The molecule has 0 aromatic carbocycles. The maximum absolute atomic E-state index is 5.82. The van der Waals surface area contributed by atoms with E-state index >= 15 is 0 Å². The van der Waals surface area contributed by atoms with E-state index in [2.05, 4.69) is 0 Å². The lowest BCUT2D eigenvalue weighted by Crippen LogP contribution is -2.39. The Morgan fingerprint density at radius 1 is 1.06 bits per heavy atom. The number of ether oxygens (including phenoxy) is 5. The number of hydrogen-bond acceptors (Lipinski definition) is 5. The van der Waals surface area contributed by atoms with Gasteiger partial charge in [-0.05, 0) is 0 Å². The number of rotatable bonds is 7. The second-order valence-electron chi connectivity index (χ2n) is 3.62. The molecule has 0 aromatic rings. The van der Waals surface area contributed by atoms with Gasteiger partial charge in [-0.3, -0.25) is 0 Å². The molecule has 1 rings (SSSR count). The van der Waals surface area contributed by atoms with Gasteiger partial charge in [0.1, 0.15) is 26.2 Å². The van der Waals surface area contributed by atoms with Crippen molar-refractivity contribution in [1.82, 2.24) is 0 Å². The molecule has 0 saturated carbocycles. The van der Waals surface area contributed by atoms with Crippen LogP contribution in [0.2, 0.25) is 0 Å². The lowest BCUT2D eigenvalue weighted by Gasteiger charge is -2.22. The Morgan fingerprint density at radius 3 is 2.38 bits per heavy atom. The first-order valence-electron chi connectivity index (χ1n) is 5.28. The highest BCUT2D eigenvalue weighted by Gasteiger charge is 2.42. The molecule has 1 heterocycles. The third-order valence-electron chi connectivity index (χ3n) is 2.55. The first kappa shape index (κ1) is 13.9. The summed E-state index contributed by atoms with van der Waals surface area (Å²) in [7, 11) is 10.7. The summed E-state index contributed by atoms with van der Waals surface area (Å²) in [6.07, 6.45) is -0.662. The van der Waals surface area contributed by atoms with Crippen LogP contribution in [-0.4, -0.2) is 73.3 Å². The quantitative estimate of drug-likeness (QED) is 0.438. The summed E-state index contributed by atoms with van der Waals surface area (Å²) in [6.45, 7) is 1.43. The van der Waals surface area contributed by atoms with E-state index in [1.807, 2.05) is 0 Å². The Balaban J connectivity index is 2.46. The molecular formula is C10H19BO5. The van der Waals surface area contributed by atoms with Crippen LogP contribution in [-0.2, 0) is 23.7 Å². The molecule has 1 saturated heterocycles. The van der Waals surface area contributed by atoms with Gasteiger partial charge in [0.25, 0.3) is 0 Å². The van der Waals surface area contributed by atoms with Gasteiger partial charge in [0.15, 0.2) is 0 Å². The van der Waals surface area contributed by atoms with Crippen LogP contribution >= 0.6 is 0 Å². The molecule has 0 aromatic heterocycles. The van der Waals surface area contributed by atoms with Gasteiger partial charge in [-0.15, -0.1) is 0 Å². The summed E-state index contributed by atoms with van der Waals surface area (Å²) >= 11 is 0. The monoisotopic (exact) mass is 230 g/mol. The molecule has 16 heavy (non-hydrogen) atoms. The molecule has 2 radical (unpaired) electrons. The molecule has 1 fully saturated rings. The molecule has 92 valence electrons. The van der Waals surface area contributed by atoms with Crippen molar-refractivity contribution in [3.8, 4) is 0 Å². The summed E-state index contributed by atoms with van der Waals surface area (Å²) < 4.78 is 26.4. The molecule has 1 aliphatic heterocycles. The van der Waals surface area contributed by atoms with Gasteiger partial charge in [-0.1, -0.05) is 0 Å². The molecule has 0 bridgehead atoms. The molecule has 0 spiro atoms. The molecule has 0 amide bonds. The summed E-state index contributed by atoms with van der Waals surface area (Å²) in [4.78, 5) is 0. The second kappa shape index (κ2) is 7.24. The van der Waals surface area contributed by atoms with E-state index < -0.39 is 6.00 Å². The Morgan fingerprint density at radius 2 is 1.81 bits per heavy atom. The van der Waals surface area contributed by atoms with Crippen molar-refractivity contribution in [2.45, 2.75) is 24.3 Å². The summed E-state index contributed by atoms with van der Waals surface area (Å²) in [5, 5.41) is 0. The van der Waals surface area contributed by atoms with E-state index in [9.17, 15) is 0 Å². The highest BCUT2D eigenvalue weighted by atomic mass is 16.6. The van der Waals surface area contributed by atoms with Crippen molar-refractivity contribution < 1.29 is 23.7 Å². The van der Waals surface area contributed by atoms with Gasteiger partial charge in [0, 0.05) is 27.3 Å². The van der Waals surface area contributed by atoms with E-state index in [1.165, 1.54) is 0 Å². The van der Waals surface area contributed by atoms with Crippen molar-refractivity contribution in [2.24, 2.45) is 0 Å². The number of hydrogen-bond donors (Lipinski definition) is 0. The molecule has 1 unspecified atom stereocenters. The lowest BCUT2D eigenvalue weighted by atomic mass is 9.93. The second-order valence-corrected chi connectivity index (χ2v) is 3.62. The van der Waals surface area contributed by atoms with E-state index in [0.717, 1.165) is 0 Å². The fourth-order valence-electron chi connectivity index (χ4n) is 1.80. The van der Waals surface area contributed by atoms with Crippen molar-refractivity contribution in [3.05, 3.63) is 0 Å². The zero-order chi connectivity index (χ0) is 12.0. The van der Waals surface area contributed by atoms with Crippen molar-refractivity contribution in [3.63, 3.8) is 0 Å². The van der Waals surface area contributed by atoms with Gasteiger partial charge in [0.05, 0.1) is 19.8 Å². The van der Waals surface area contributed by atoms with Crippen LogP contribution in [0.5, 0.6) is 0 Å². The van der Waals surface area contributed by atoms with E-state index in [1.54, 1.807) is 21.3 Å². The minimum absolute atomic E-state index is 0.183. The van der Waals surface area contributed by atoms with Crippen molar-refractivity contribution >= 4 is 7.85 Å². The first-order valence-corrected chi connectivity index (χ1v) is 5.28. The van der Waals surface area contributed by atoms with Gasteiger partial charge in [0.2, 0.25) is 0 Å². The number of methoxy groups -OCH3 is 3. The minimum atomic E-state index is -0.484. The fraction of sp³-hybridized carbons (Fsp3) is 1.00. The van der Waals surface area contributed by atoms with Crippen molar-refractivity contribution in [2.75, 3.05) is 41.2 Å². The summed E-state index contributed by atoms with van der Waals surface area (Å²) in [5.41, 5.74) is 0. The molecule has 5 nitrogen and oxygen atoms in total. The third-order valence-corrected chi connectivity index (χ3v) is 2.55. The van der Waals surface area contributed by atoms with Gasteiger partial charge in [-0.2, -0.15) is 0 Å². The minimum Gasteiger partial charge on any atom is -0.382 e. The smallest absolute Gasteiger partial charge is 0.113 e. The zero-order valence-electron chi connectivity index (χ0n) is 10.0. The predicted molar refractivity (Wildman–Crippen MR) is 58.7 cm³/mol. The van der Waals surface area contributed by atoms with E-state index in [-0.39, 0.29) is 18.3 Å². The van der Waals surface area contributed by atoms with Crippen LogP contribution in [0.1, 0.15) is 0 Å². The normalized spacial score (nSPS) is 34.4. The van der Waals surface area contributed by atoms with Crippen LogP contribution < -0.4 is 0 Å². The van der Waals surface area contributed by atoms with Gasteiger partial charge < -0.3 is 23.7 Å². The average molecular weight is 230 g/mol. The standard InChI is InChI=1S/C10H19BO5/c1-12-4-5-15-9-8(14-3)7(6-13-2)16-10(9)11/h7-10H,4-6H2,1-3H3/t7-,8?,9+,10-/m1/s1. The van der Waals surface area contributed by atoms with Crippen LogP contribution in [0.3, 0.4) is 0 Å². The molecule has 1 aliphatic rings. The van der Waals surface area contributed by atoms with E-state index in [0.29, 0.717) is 19.8 Å². The molecule has 6 heteroatoms. The molecule has 0 aliphatic carbocycles. The largest absolute Gasteiger partial charge is 0.382 e. The van der Waals surface area contributed by atoms with Crippen LogP contribution in [0.15, 0.2) is 0 Å². The van der Waals surface area contributed by atoms with Crippen LogP contribution in [0, 0.1) is 0 Å². The fourth-order valence-corrected chi connectivity index (χ4v) is 1.80. The lowest BCUT2D eigenvalue weighted by molar-refractivity contribution is -0.0629. The maximum atomic E-state index is 5.82. The van der Waals surface area contributed by atoms with Gasteiger partial charge in [-0.25, -0.2) is 0 Å². The van der Waals surface area contributed by atoms with Crippen LogP contribution in [0.25, 0.3) is 0 Å². The topological polar surface area (TPSA) is 46.2 Å². The predicted octanol–water partition coefficient (Wildman–Crippen LogP) is -0.427. The SMILES string of the molecule is [B][C@@H]1O[C@H](COC)C(OC)[C@@H]1OCCOC. The Hall–Kier alpha value is -0.135. The molecular weight excluding hydrogens is 211 g/mol. The molecule has 4 atom stereocenters. The Bertz CT molecular complexity index is 192. The Labute approximate surface area is 97.7 Å². The maximum Gasteiger partial charge on any atom is 0.113 e.